The van der Waals surface area contributed by atoms with E-state index in [4.69, 9.17) is 26.1 Å². The maximum atomic E-state index is 13.3. The Kier molecular flexibility index (Phi) is 7.66. The molecule has 14 nitrogen and oxygen atoms in total. The second-order valence-corrected chi connectivity index (χ2v) is 17.5. The van der Waals surface area contributed by atoms with E-state index in [9.17, 15) is 29.0 Å². The van der Waals surface area contributed by atoms with Crippen molar-refractivity contribution in [2.24, 2.45) is 23.2 Å². The topological polar surface area (TPSA) is 217 Å². The summed E-state index contributed by atoms with van der Waals surface area (Å²) in [5.74, 6) is 0.881. The van der Waals surface area contributed by atoms with Crippen molar-refractivity contribution >= 4 is 49.5 Å². The van der Waals surface area contributed by atoms with Gasteiger partial charge in [-0.05, 0) is 79.7 Å². The highest BCUT2D eigenvalue weighted by molar-refractivity contribution is 7.72. The van der Waals surface area contributed by atoms with Crippen LogP contribution in [0.1, 0.15) is 57.6 Å². The first kappa shape index (κ1) is 29.6. The van der Waals surface area contributed by atoms with Crippen LogP contribution in [0, 0.1) is 23.2 Å². The third-order valence-electron chi connectivity index (χ3n) is 9.13. The van der Waals surface area contributed by atoms with Crippen LogP contribution in [0.4, 0.5) is 5.82 Å². The summed E-state index contributed by atoms with van der Waals surface area (Å²) in [6.45, 7) is 0. The lowest BCUT2D eigenvalue weighted by Crippen LogP contribution is -2.47. The molecule has 17 heteroatoms. The molecule has 0 radical (unpaired) electrons. The van der Waals surface area contributed by atoms with E-state index < -0.39 is 51.6 Å². The molecule has 2 aromatic heterocycles. The number of rotatable bonds is 9. The first-order valence-electron chi connectivity index (χ1n) is 13.8. The first-order valence-corrected chi connectivity index (χ1v) is 18.0. The van der Waals surface area contributed by atoms with Crippen LogP contribution in [-0.2, 0) is 18.7 Å². The fourth-order valence-electron chi connectivity index (χ4n) is 8.07. The van der Waals surface area contributed by atoms with Gasteiger partial charge in [-0.3, -0.25) is 18.5 Å². The van der Waals surface area contributed by atoms with Gasteiger partial charge in [0.1, 0.15) is 18.1 Å². The highest BCUT2D eigenvalue weighted by Gasteiger charge is 2.51. The molecule has 0 spiro atoms. The molecular formula is C24H34ClN5O9P2. The highest BCUT2D eigenvalue weighted by atomic mass is 35.5. The number of hydrogen-bond donors (Lipinski definition) is 6. The summed E-state index contributed by atoms with van der Waals surface area (Å²) < 4.78 is 30.5. The molecule has 7 rings (SSSR count). The molecule has 2 aromatic rings. The van der Waals surface area contributed by atoms with Gasteiger partial charge < -0.3 is 34.9 Å². The fraction of sp³-hybridized carbons (Fsp3) is 0.750. The summed E-state index contributed by atoms with van der Waals surface area (Å²) in [6.07, 6.45) is 2.72. The molecule has 1 amide bonds. The molecule has 3 unspecified atom stereocenters. The normalized spacial score (nSPS) is 36.1. The van der Waals surface area contributed by atoms with Gasteiger partial charge in [-0.2, -0.15) is 9.97 Å². The average molecular weight is 634 g/mol. The van der Waals surface area contributed by atoms with E-state index in [-0.39, 0.29) is 40.0 Å². The minimum absolute atomic E-state index is 0.0188. The molecule has 4 aliphatic carbocycles. The quantitative estimate of drug-likeness (QED) is 0.173. The van der Waals surface area contributed by atoms with Crippen molar-refractivity contribution in [1.29, 1.82) is 0 Å². The number of aliphatic hydroxyl groups is 2. The van der Waals surface area contributed by atoms with E-state index in [0.29, 0.717) is 24.2 Å². The third-order valence-corrected chi connectivity index (χ3v) is 13.5. The van der Waals surface area contributed by atoms with E-state index in [1.807, 2.05) is 0 Å². The number of hydrogen-bond acceptors (Lipinski definition) is 9. The Bertz CT molecular complexity index is 1410. The molecule has 5 atom stereocenters. The number of halogens is 1. The lowest BCUT2D eigenvalue weighted by molar-refractivity contribution is -0.124. The van der Waals surface area contributed by atoms with Gasteiger partial charge in [-0.25, -0.2) is 4.98 Å². The summed E-state index contributed by atoms with van der Waals surface area (Å²) in [7, 11) is -8.94. The molecule has 226 valence electrons. The number of fused-ring (bicyclic) bond motifs is 1. The van der Waals surface area contributed by atoms with Crippen LogP contribution in [0.2, 0.25) is 5.28 Å². The first-order chi connectivity index (χ1) is 19.2. The highest BCUT2D eigenvalue weighted by Crippen LogP contribution is 2.61. The summed E-state index contributed by atoms with van der Waals surface area (Å²) in [5, 5.41) is 24.0. The Morgan fingerprint density at radius 3 is 2.32 bits per heavy atom. The molecule has 4 saturated carbocycles. The number of imidazole rings is 1. The third kappa shape index (κ3) is 6.14. The number of ether oxygens (including phenoxy) is 1. The van der Waals surface area contributed by atoms with Gasteiger partial charge in [0.05, 0.1) is 12.4 Å². The molecule has 5 aliphatic rings. The van der Waals surface area contributed by atoms with Crippen molar-refractivity contribution < 1.29 is 43.6 Å². The Balaban J connectivity index is 1.17. The molecule has 41 heavy (non-hydrogen) atoms. The maximum absolute atomic E-state index is 13.3. The van der Waals surface area contributed by atoms with Crippen molar-refractivity contribution in [3.63, 3.8) is 0 Å². The Morgan fingerprint density at radius 2 is 1.71 bits per heavy atom. The number of nitrogens with zero attached hydrogens (tertiary/aromatic N) is 4. The Morgan fingerprint density at radius 1 is 1.07 bits per heavy atom. The van der Waals surface area contributed by atoms with E-state index in [2.05, 4.69) is 20.3 Å². The lowest BCUT2D eigenvalue weighted by Gasteiger charge is -2.56. The molecule has 3 heterocycles. The van der Waals surface area contributed by atoms with Crippen molar-refractivity contribution in [2.75, 3.05) is 17.4 Å². The summed E-state index contributed by atoms with van der Waals surface area (Å²) >= 11 is 6.20. The van der Waals surface area contributed by atoms with E-state index in [1.165, 1.54) is 30.2 Å². The molecule has 1 saturated heterocycles. The second-order valence-electron chi connectivity index (χ2n) is 12.5. The number of aliphatic hydroxyl groups excluding tert-OH is 2. The zero-order chi connectivity index (χ0) is 29.3. The number of anilines is 1. The molecule has 6 N–H and O–H groups in total. The molecular weight excluding hydrogens is 600 g/mol. The van der Waals surface area contributed by atoms with Gasteiger partial charge in [-0.1, -0.05) is 0 Å². The van der Waals surface area contributed by atoms with E-state index >= 15 is 0 Å². The number of carbonyl (C=O) groups is 1. The van der Waals surface area contributed by atoms with Crippen LogP contribution in [0.25, 0.3) is 11.2 Å². The number of amides is 1. The zero-order valence-electron chi connectivity index (χ0n) is 22.1. The Hall–Kier alpha value is -1.47. The zero-order valence-corrected chi connectivity index (χ0v) is 24.7. The second kappa shape index (κ2) is 10.6. The van der Waals surface area contributed by atoms with Crippen molar-refractivity contribution in [3.8, 4) is 0 Å². The molecule has 0 aromatic carbocycles. The lowest BCUT2D eigenvalue weighted by atomic mass is 9.49. The maximum Gasteiger partial charge on any atom is 0.335 e. The predicted octanol–water partition coefficient (Wildman–Crippen LogP) is 2.44. The number of nitrogens with one attached hydrogen (secondary N) is 1. The summed E-state index contributed by atoms with van der Waals surface area (Å²) in [5.41, 5.74) is 0.370. The number of carbonyl (C=O) groups excluding carboxylic acids is 1. The minimum Gasteiger partial charge on any atom is -0.388 e. The molecule has 1 aliphatic heterocycles. The fourth-order valence-corrected chi connectivity index (χ4v) is 11.8. The van der Waals surface area contributed by atoms with Gasteiger partial charge in [0.15, 0.2) is 23.2 Å². The van der Waals surface area contributed by atoms with Crippen LogP contribution in [0.3, 0.4) is 0 Å². The van der Waals surface area contributed by atoms with Gasteiger partial charge in [0, 0.05) is 12.6 Å². The minimum atomic E-state index is -4.73. The number of aromatic nitrogens is 4. The van der Waals surface area contributed by atoms with E-state index in [0.717, 1.165) is 19.3 Å². The van der Waals surface area contributed by atoms with Crippen LogP contribution in [-0.4, -0.2) is 80.7 Å². The summed E-state index contributed by atoms with van der Waals surface area (Å²) in [4.78, 5) is 54.0. The largest absolute Gasteiger partial charge is 0.388 e. The predicted molar refractivity (Wildman–Crippen MR) is 146 cm³/mol. The van der Waals surface area contributed by atoms with Crippen LogP contribution < -0.4 is 5.32 Å². The van der Waals surface area contributed by atoms with E-state index in [1.54, 1.807) is 0 Å². The van der Waals surface area contributed by atoms with Gasteiger partial charge in [-0.15, -0.1) is 0 Å². The molecule has 5 fully saturated rings. The SMILES string of the molecule is O=C(CC12CC3CC(CC(C3)C1)C2)Nc1nc(Cl)nc2c1ncn2[C@@H]1O[C@H](CCP(=O)(O)CP(=O)(O)O)C(O)C1O. The van der Waals surface area contributed by atoms with Crippen molar-refractivity contribution in [1.82, 2.24) is 19.5 Å². The van der Waals surface area contributed by atoms with Crippen molar-refractivity contribution in [3.05, 3.63) is 11.6 Å². The summed E-state index contributed by atoms with van der Waals surface area (Å²) in [6, 6.07) is 0. The van der Waals surface area contributed by atoms with Crippen LogP contribution >= 0.6 is 26.6 Å². The molecule has 4 bridgehead atoms. The average Bonchev–Trinajstić information content (AvgIpc) is 3.35. The van der Waals surface area contributed by atoms with Gasteiger partial charge in [0.25, 0.3) is 0 Å². The van der Waals surface area contributed by atoms with Crippen molar-refractivity contribution in [2.45, 2.75) is 75.9 Å². The Labute approximate surface area is 240 Å². The smallest absolute Gasteiger partial charge is 0.335 e. The van der Waals surface area contributed by atoms with Crippen LogP contribution in [0.15, 0.2) is 6.33 Å². The van der Waals surface area contributed by atoms with Gasteiger partial charge >= 0.3 is 7.60 Å². The van der Waals surface area contributed by atoms with Crippen LogP contribution in [0.5, 0.6) is 0 Å². The standard InChI is InChI=1S/C24H34ClN5O9P2/c25-23-28-20(27-16(31)9-24-6-12-3-13(7-24)5-14(4-12)8-24)17-21(29-23)30(10-26-17)22-19(33)18(32)15(39-22)1-2-40(34,35)11-41(36,37)38/h10,12-15,18-19,22,32-33H,1-9,11H2,(H,34,35)(H2,36,37,38)(H,27,28,29,31)/t12?,13?,14?,15-,18?,19?,22-,24?/m1/s1. The monoisotopic (exact) mass is 633 g/mol. The van der Waals surface area contributed by atoms with Gasteiger partial charge in [0.2, 0.25) is 18.6 Å².